The molecule has 1 rings (SSSR count). The Labute approximate surface area is 91.3 Å². The number of hydrogen-bond donors (Lipinski definition) is 1. The molecule has 14 heavy (non-hydrogen) atoms. The summed E-state index contributed by atoms with van der Waals surface area (Å²) in [4.78, 5) is 0. The molecule has 2 unspecified atom stereocenters. The number of aliphatic hydroxyl groups is 1. The maximum absolute atomic E-state index is 9.92. The highest BCUT2D eigenvalue weighted by atomic mass is 79.9. The molecule has 1 heterocycles. The van der Waals surface area contributed by atoms with E-state index < -0.39 is 6.10 Å². The van der Waals surface area contributed by atoms with E-state index in [2.05, 4.69) is 27.1 Å². The molecule has 0 aliphatic carbocycles. The molecule has 0 amide bonds. The van der Waals surface area contributed by atoms with Gasteiger partial charge in [-0.2, -0.15) is 10.4 Å². The summed E-state index contributed by atoms with van der Waals surface area (Å²) in [6.07, 6.45) is 1.45. The van der Waals surface area contributed by atoms with E-state index in [0.29, 0.717) is 12.1 Å². The van der Waals surface area contributed by atoms with Crippen molar-refractivity contribution < 1.29 is 5.11 Å². The Morgan fingerprint density at radius 2 is 2.43 bits per heavy atom. The minimum Gasteiger partial charge on any atom is -0.385 e. The Kier molecular flexibility index (Phi) is 3.67. The van der Waals surface area contributed by atoms with Gasteiger partial charge in [0.05, 0.1) is 28.4 Å². The molecule has 4 nitrogen and oxygen atoms in total. The van der Waals surface area contributed by atoms with Crippen LogP contribution in [0.4, 0.5) is 0 Å². The average Bonchev–Trinajstić information content (AvgIpc) is 2.48. The molecule has 0 fully saturated rings. The number of aromatic nitrogens is 2. The highest BCUT2D eigenvalue weighted by Gasteiger charge is 2.24. The summed E-state index contributed by atoms with van der Waals surface area (Å²) in [5.74, 6) is -0.387. The molecule has 0 aliphatic rings. The number of rotatable bonds is 3. The van der Waals surface area contributed by atoms with E-state index in [-0.39, 0.29) is 5.92 Å². The van der Waals surface area contributed by atoms with Crippen LogP contribution >= 0.6 is 15.9 Å². The number of nitriles is 1. The Bertz CT molecular complexity index is 336. The number of halogens is 1. The van der Waals surface area contributed by atoms with Crippen LogP contribution in [0.1, 0.15) is 25.1 Å². The fourth-order valence-electron chi connectivity index (χ4n) is 1.33. The summed E-state index contributed by atoms with van der Waals surface area (Å²) < 4.78 is 2.32. The maximum atomic E-state index is 9.92. The molecule has 1 N–H and O–H groups in total. The summed E-state index contributed by atoms with van der Waals surface area (Å²) in [6.45, 7) is 1.88. The molecule has 0 radical (unpaired) electrons. The number of nitrogens with zero attached hydrogens (tertiary/aromatic N) is 3. The Morgan fingerprint density at radius 1 is 1.79 bits per heavy atom. The minimum atomic E-state index is -0.785. The quantitative estimate of drug-likeness (QED) is 0.898. The van der Waals surface area contributed by atoms with Crippen molar-refractivity contribution in [2.45, 2.75) is 19.4 Å². The first-order valence-corrected chi connectivity index (χ1v) is 5.16. The van der Waals surface area contributed by atoms with E-state index in [0.717, 1.165) is 4.47 Å². The van der Waals surface area contributed by atoms with Crippen molar-refractivity contribution in [1.29, 1.82) is 5.26 Å². The molecule has 2 atom stereocenters. The van der Waals surface area contributed by atoms with Crippen molar-refractivity contribution >= 4 is 15.9 Å². The molecular weight excluding hydrogens is 246 g/mol. The van der Waals surface area contributed by atoms with Crippen LogP contribution in [0, 0.1) is 17.2 Å². The highest BCUT2D eigenvalue weighted by molar-refractivity contribution is 9.10. The van der Waals surface area contributed by atoms with Gasteiger partial charge in [-0.3, -0.25) is 4.68 Å². The molecular formula is C9H12BrN3O. The summed E-state index contributed by atoms with van der Waals surface area (Å²) in [5, 5.41) is 22.7. The Morgan fingerprint density at radius 3 is 2.79 bits per heavy atom. The maximum Gasteiger partial charge on any atom is 0.112 e. The minimum absolute atomic E-state index is 0.387. The molecule has 0 saturated heterocycles. The first-order valence-electron chi connectivity index (χ1n) is 4.36. The van der Waals surface area contributed by atoms with Crippen molar-refractivity contribution in [3.05, 3.63) is 16.4 Å². The van der Waals surface area contributed by atoms with E-state index in [1.54, 1.807) is 17.9 Å². The summed E-state index contributed by atoms with van der Waals surface area (Å²) >= 11 is 3.29. The standard InChI is InChI=1S/C9H12BrN3O/c1-3-6(4-11)9(14)8-7(10)5-12-13(8)2/h5-6,9,14H,3H2,1-2H3. The van der Waals surface area contributed by atoms with E-state index >= 15 is 0 Å². The zero-order valence-electron chi connectivity index (χ0n) is 8.11. The van der Waals surface area contributed by atoms with E-state index in [1.807, 2.05) is 6.92 Å². The number of hydrogen-bond acceptors (Lipinski definition) is 3. The molecule has 1 aromatic heterocycles. The van der Waals surface area contributed by atoms with Crippen molar-refractivity contribution in [3.63, 3.8) is 0 Å². The van der Waals surface area contributed by atoms with Gasteiger partial charge in [-0.05, 0) is 22.4 Å². The van der Waals surface area contributed by atoms with Gasteiger partial charge < -0.3 is 5.11 Å². The van der Waals surface area contributed by atoms with Crippen LogP contribution < -0.4 is 0 Å². The molecule has 0 saturated carbocycles. The second-order valence-corrected chi connectivity index (χ2v) is 3.94. The van der Waals surface area contributed by atoms with Gasteiger partial charge in [0.15, 0.2) is 0 Å². The number of aliphatic hydroxyl groups excluding tert-OH is 1. The van der Waals surface area contributed by atoms with Crippen molar-refractivity contribution in [3.8, 4) is 6.07 Å². The third-order valence-corrected chi connectivity index (χ3v) is 2.82. The lowest BCUT2D eigenvalue weighted by molar-refractivity contribution is 0.123. The second kappa shape index (κ2) is 4.58. The fourth-order valence-corrected chi connectivity index (χ4v) is 1.91. The first-order chi connectivity index (χ1) is 6.61. The van der Waals surface area contributed by atoms with Gasteiger partial charge in [-0.15, -0.1) is 0 Å². The topological polar surface area (TPSA) is 61.8 Å². The van der Waals surface area contributed by atoms with Gasteiger partial charge in [-0.1, -0.05) is 6.92 Å². The van der Waals surface area contributed by atoms with E-state index in [9.17, 15) is 5.11 Å². The third kappa shape index (κ3) is 1.97. The zero-order valence-corrected chi connectivity index (χ0v) is 9.69. The van der Waals surface area contributed by atoms with Gasteiger partial charge in [0.1, 0.15) is 6.10 Å². The van der Waals surface area contributed by atoms with Crippen LogP contribution in [0.2, 0.25) is 0 Å². The Balaban J connectivity index is 3.00. The summed E-state index contributed by atoms with van der Waals surface area (Å²) in [6, 6.07) is 2.08. The van der Waals surface area contributed by atoms with Gasteiger partial charge >= 0.3 is 0 Å². The smallest absolute Gasteiger partial charge is 0.112 e. The highest BCUT2D eigenvalue weighted by Crippen LogP contribution is 2.29. The molecule has 0 spiro atoms. The van der Waals surface area contributed by atoms with Crippen LogP contribution in [-0.2, 0) is 7.05 Å². The first kappa shape index (κ1) is 11.2. The molecule has 0 aromatic carbocycles. The third-order valence-electron chi connectivity index (χ3n) is 2.20. The predicted octanol–water partition coefficient (Wildman–Crippen LogP) is 1.77. The largest absolute Gasteiger partial charge is 0.385 e. The van der Waals surface area contributed by atoms with Crippen LogP contribution in [0.15, 0.2) is 10.7 Å². The van der Waals surface area contributed by atoms with Crippen LogP contribution in [0.3, 0.4) is 0 Å². The zero-order chi connectivity index (χ0) is 10.7. The lowest BCUT2D eigenvalue weighted by Gasteiger charge is -2.15. The molecule has 0 bridgehead atoms. The van der Waals surface area contributed by atoms with Crippen molar-refractivity contribution in [1.82, 2.24) is 9.78 Å². The van der Waals surface area contributed by atoms with Crippen molar-refractivity contribution in [2.24, 2.45) is 13.0 Å². The molecule has 1 aromatic rings. The van der Waals surface area contributed by atoms with Crippen LogP contribution in [0.25, 0.3) is 0 Å². The summed E-state index contributed by atoms with van der Waals surface area (Å²) in [5.41, 5.74) is 0.651. The van der Waals surface area contributed by atoms with Gasteiger partial charge in [-0.25, -0.2) is 0 Å². The van der Waals surface area contributed by atoms with E-state index in [1.165, 1.54) is 0 Å². The number of aryl methyl sites for hydroxylation is 1. The molecule has 5 heteroatoms. The van der Waals surface area contributed by atoms with Gasteiger partial charge in [0.2, 0.25) is 0 Å². The fraction of sp³-hybridized carbons (Fsp3) is 0.556. The monoisotopic (exact) mass is 257 g/mol. The lowest BCUT2D eigenvalue weighted by atomic mass is 9.99. The Hall–Kier alpha value is -0.860. The van der Waals surface area contributed by atoms with Gasteiger partial charge in [0.25, 0.3) is 0 Å². The average molecular weight is 258 g/mol. The van der Waals surface area contributed by atoms with E-state index in [4.69, 9.17) is 5.26 Å². The van der Waals surface area contributed by atoms with Crippen LogP contribution in [-0.4, -0.2) is 14.9 Å². The molecule has 76 valence electrons. The SMILES string of the molecule is CCC(C#N)C(O)c1c(Br)cnn1C. The predicted molar refractivity (Wildman–Crippen MR) is 55.3 cm³/mol. The molecule has 0 aliphatic heterocycles. The second-order valence-electron chi connectivity index (χ2n) is 3.09. The normalized spacial score (nSPS) is 14.8. The lowest BCUT2D eigenvalue weighted by Crippen LogP contribution is -2.14. The van der Waals surface area contributed by atoms with Gasteiger partial charge in [0, 0.05) is 7.05 Å². The van der Waals surface area contributed by atoms with Crippen LogP contribution in [0.5, 0.6) is 0 Å². The van der Waals surface area contributed by atoms with Crippen molar-refractivity contribution in [2.75, 3.05) is 0 Å². The summed E-state index contributed by atoms with van der Waals surface area (Å²) in [7, 11) is 1.74.